The summed E-state index contributed by atoms with van der Waals surface area (Å²) in [4.78, 5) is -0.428. The standard InChI is InChI=1S/C14H15NO6S2.Na/c1-10-3-5-11(6-4-10)22(16,17)15-13-9-12(23(18,19)20)7-8-14(13)21-2;/h3-9,15H,1-2H3,(H,18,19,20);/q;+1. The number of rotatable bonds is 5. The molecule has 0 radical (unpaired) electrons. The molecule has 0 unspecified atom stereocenters. The third-order valence-electron chi connectivity index (χ3n) is 3.04. The first kappa shape index (κ1) is 20.9. The van der Waals surface area contributed by atoms with E-state index < -0.39 is 25.0 Å². The van der Waals surface area contributed by atoms with Crippen LogP contribution in [0.1, 0.15) is 5.56 Å². The van der Waals surface area contributed by atoms with Gasteiger partial charge in [0.25, 0.3) is 20.1 Å². The number of nitrogens with one attached hydrogen (secondary N) is 1. The second-order valence-electron chi connectivity index (χ2n) is 4.76. The normalized spacial score (nSPS) is 11.5. The van der Waals surface area contributed by atoms with E-state index in [1.807, 2.05) is 6.92 Å². The third-order valence-corrected chi connectivity index (χ3v) is 5.28. The molecule has 2 N–H and O–H groups in total. The summed E-state index contributed by atoms with van der Waals surface area (Å²) in [6.07, 6.45) is 0. The van der Waals surface area contributed by atoms with E-state index in [4.69, 9.17) is 9.29 Å². The molecule has 0 heterocycles. The maximum absolute atomic E-state index is 12.4. The van der Waals surface area contributed by atoms with E-state index >= 15 is 0 Å². The fourth-order valence-electron chi connectivity index (χ4n) is 1.85. The molecule has 2 aromatic rings. The van der Waals surface area contributed by atoms with E-state index in [-0.39, 0.29) is 45.9 Å². The summed E-state index contributed by atoms with van der Waals surface area (Å²) in [6, 6.07) is 9.47. The topological polar surface area (TPSA) is 110 Å². The quantitative estimate of drug-likeness (QED) is 0.512. The first-order chi connectivity index (χ1) is 10.6. The smallest absolute Gasteiger partial charge is 0.495 e. The van der Waals surface area contributed by atoms with Gasteiger partial charge in [-0.2, -0.15) is 8.42 Å². The number of anilines is 1. The van der Waals surface area contributed by atoms with Crippen molar-refractivity contribution in [3.05, 3.63) is 48.0 Å². The molecular weight excluding hydrogens is 365 g/mol. The Labute approximate surface area is 163 Å². The predicted molar refractivity (Wildman–Crippen MR) is 84.8 cm³/mol. The molecule has 0 fully saturated rings. The number of benzene rings is 2. The van der Waals surface area contributed by atoms with Crippen LogP contribution in [0.5, 0.6) is 5.75 Å². The van der Waals surface area contributed by atoms with E-state index in [0.717, 1.165) is 17.7 Å². The summed E-state index contributed by atoms with van der Waals surface area (Å²) in [7, 11) is -7.09. The number of aryl methyl sites for hydroxylation is 1. The van der Waals surface area contributed by atoms with Gasteiger partial charge in [0.05, 0.1) is 22.6 Å². The Kier molecular flexibility index (Phi) is 6.85. The van der Waals surface area contributed by atoms with Crippen LogP contribution in [-0.2, 0) is 20.1 Å². The van der Waals surface area contributed by atoms with Gasteiger partial charge in [0, 0.05) is 0 Å². The van der Waals surface area contributed by atoms with Crippen molar-refractivity contribution in [1.82, 2.24) is 0 Å². The van der Waals surface area contributed by atoms with Gasteiger partial charge in [0.15, 0.2) is 0 Å². The third kappa shape index (κ3) is 4.95. The number of hydrogen-bond donors (Lipinski definition) is 2. The van der Waals surface area contributed by atoms with Crippen molar-refractivity contribution in [1.29, 1.82) is 0 Å². The van der Waals surface area contributed by atoms with Crippen molar-refractivity contribution in [2.45, 2.75) is 16.7 Å². The monoisotopic (exact) mass is 380 g/mol. The minimum absolute atomic E-state index is 0. The largest absolute Gasteiger partial charge is 1.00 e. The first-order valence-corrected chi connectivity index (χ1v) is 9.31. The molecule has 2 rings (SSSR count). The Bertz CT molecular complexity index is 924. The van der Waals surface area contributed by atoms with Gasteiger partial charge in [-0.05, 0) is 37.3 Å². The average molecular weight is 380 g/mol. The Morgan fingerprint density at radius 1 is 0.958 bits per heavy atom. The Morgan fingerprint density at radius 3 is 2.00 bits per heavy atom. The van der Waals surface area contributed by atoms with Gasteiger partial charge in [-0.1, -0.05) is 17.7 Å². The fourth-order valence-corrected chi connectivity index (χ4v) is 3.42. The summed E-state index contributed by atoms with van der Waals surface area (Å²) < 4.78 is 63.5. The van der Waals surface area contributed by atoms with Gasteiger partial charge in [0.2, 0.25) is 0 Å². The van der Waals surface area contributed by atoms with E-state index in [0.29, 0.717) is 0 Å². The summed E-state index contributed by atoms with van der Waals surface area (Å²) in [5.74, 6) is 0.119. The maximum atomic E-state index is 12.4. The van der Waals surface area contributed by atoms with Crippen LogP contribution in [0.15, 0.2) is 52.3 Å². The molecule has 0 aliphatic heterocycles. The van der Waals surface area contributed by atoms with Crippen LogP contribution in [0.3, 0.4) is 0 Å². The molecule has 7 nitrogen and oxygen atoms in total. The maximum Gasteiger partial charge on any atom is 1.00 e. The summed E-state index contributed by atoms with van der Waals surface area (Å²) in [5.41, 5.74) is 0.804. The van der Waals surface area contributed by atoms with Gasteiger partial charge < -0.3 is 4.74 Å². The molecule has 0 aliphatic carbocycles. The molecule has 0 saturated heterocycles. The number of sulfonamides is 1. The van der Waals surface area contributed by atoms with Crippen molar-refractivity contribution < 1.29 is 55.7 Å². The van der Waals surface area contributed by atoms with E-state index in [9.17, 15) is 16.8 Å². The summed E-state index contributed by atoms with van der Waals surface area (Å²) in [6.45, 7) is 1.82. The van der Waals surface area contributed by atoms with Crippen LogP contribution in [0.25, 0.3) is 0 Å². The Balaban J connectivity index is 0.00000288. The van der Waals surface area contributed by atoms with Gasteiger partial charge in [-0.15, -0.1) is 0 Å². The summed E-state index contributed by atoms with van der Waals surface area (Å²) >= 11 is 0. The van der Waals surface area contributed by atoms with Gasteiger partial charge >= 0.3 is 29.6 Å². The SMILES string of the molecule is COc1ccc(S(=O)(=O)O)cc1NS(=O)(=O)c1ccc(C)cc1.[Na+]. The molecule has 124 valence electrons. The minimum Gasteiger partial charge on any atom is -0.495 e. The number of methoxy groups -OCH3 is 1. The van der Waals surface area contributed by atoms with Crippen LogP contribution in [0, 0.1) is 6.92 Å². The molecular formula is C14H15NNaO6S2+. The first-order valence-electron chi connectivity index (χ1n) is 6.38. The molecule has 2 aromatic carbocycles. The molecule has 0 saturated carbocycles. The molecule has 10 heteroatoms. The fraction of sp³-hybridized carbons (Fsp3) is 0.143. The zero-order valence-electron chi connectivity index (χ0n) is 13.3. The van der Waals surface area contributed by atoms with Crippen molar-refractivity contribution >= 4 is 25.8 Å². The zero-order valence-corrected chi connectivity index (χ0v) is 17.0. The van der Waals surface area contributed by atoms with Crippen molar-refractivity contribution in [3.63, 3.8) is 0 Å². The molecule has 0 aliphatic rings. The number of hydrogen-bond acceptors (Lipinski definition) is 5. The van der Waals surface area contributed by atoms with Crippen LogP contribution in [0.4, 0.5) is 5.69 Å². The molecule has 24 heavy (non-hydrogen) atoms. The minimum atomic E-state index is -4.47. The summed E-state index contributed by atoms with van der Waals surface area (Å²) in [5, 5.41) is 0. The molecule has 0 atom stereocenters. The van der Waals surface area contributed by atoms with Crippen molar-refractivity contribution in [2.75, 3.05) is 11.8 Å². The van der Waals surface area contributed by atoms with Crippen molar-refractivity contribution in [2.24, 2.45) is 0 Å². The van der Waals surface area contributed by atoms with E-state index in [1.165, 1.54) is 25.3 Å². The number of ether oxygens (including phenoxy) is 1. The molecule has 0 amide bonds. The second-order valence-corrected chi connectivity index (χ2v) is 7.86. The molecule has 0 spiro atoms. The van der Waals surface area contributed by atoms with Gasteiger partial charge in [0.1, 0.15) is 5.75 Å². The van der Waals surface area contributed by atoms with Crippen LogP contribution in [0.2, 0.25) is 0 Å². The van der Waals surface area contributed by atoms with Gasteiger partial charge in [-0.3, -0.25) is 9.27 Å². The molecule has 0 bridgehead atoms. The zero-order chi connectivity index (χ0) is 17.3. The Hall–Kier alpha value is -1.10. The van der Waals surface area contributed by atoms with Crippen LogP contribution in [-0.4, -0.2) is 28.5 Å². The second kappa shape index (κ2) is 7.85. The van der Waals surface area contributed by atoms with E-state index in [1.54, 1.807) is 12.1 Å². The van der Waals surface area contributed by atoms with Crippen molar-refractivity contribution in [3.8, 4) is 5.75 Å². The van der Waals surface area contributed by atoms with Crippen LogP contribution < -0.4 is 39.0 Å². The Morgan fingerprint density at radius 2 is 1.50 bits per heavy atom. The predicted octanol–water partition coefficient (Wildman–Crippen LogP) is -0.945. The molecule has 0 aromatic heterocycles. The van der Waals surface area contributed by atoms with E-state index in [2.05, 4.69) is 4.72 Å². The average Bonchev–Trinajstić information content (AvgIpc) is 2.46. The van der Waals surface area contributed by atoms with Crippen LogP contribution >= 0.6 is 0 Å². The van der Waals surface area contributed by atoms with Gasteiger partial charge in [-0.25, -0.2) is 8.42 Å².